The van der Waals surface area contributed by atoms with Gasteiger partial charge in [0.1, 0.15) is 29.9 Å². The van der Waals surface area contributed by atoms with Crippen LogP contribution in [0.4, 0.5) is 0 Å². The molecule has 5 rings (SSSR count). The van der Waals surface area contributed by atoms with Gasteiger partial charge in [0.15, 0.2) is 0 Å². The lowest BCUT2D eigenvalue weighted by Crippen LogP contribution is -2.44. The molecule has 5 atom stereocenters. The number of hydrogen-bond acceptors (Lipinski definition) is 6. The van der Waals surface area contributed by atoms with E-state index in [1.165, 1.54) is 0 Å². The minimum Gasteiger partial charge on any atom is -0.374 e. The van der Waals surface area contributed by atoms with Crippen molar-refractivity contribution in [2.45, 2.75) is 63.2 Å². The second-order valence-corrected chi connectivity index (χ2v) is 11.7. The molecule has 0 aromatic heterocycles. The van der Waals surface area contributed by atoms with Crippen LogP contribution in [0.25, 0.3) is 0 Å². The summed E-state index contributed by atoms with van der Waals surface area (Å²) >= 11 is 1.74. The summed E-state index contributed by atoms with van der Waals surface area (Å²) in [6.45, 7) is 4.39. The summed E-state index contributed by atoms with van der Waals surface area (Å²) < 4.78 is 32.9. The predicted octanol–water partition coefficient (Wildman–Crippen LogP) is 7.44. The zero-order chi connectivity index (χ0) is 28.8. The van der Waals surface area contributed by atoms with Crippen LogP contribution in [0.3, 0.4) is 0 Å². The Morgan fingerprint density at radius 2 is 1.05 bits per heavy atom. The van der Waals surface area contributed by atoms with Crippen LogP contribution in [0, 0.1) is 0 Å². The van der Waals surface area contributed by atoms with Crippen LogP contribution >= 0.6 is 11.8 Å². The van der Waals surface area contributed by atoms with E-state index in [2.05, 4.69) is 55.5 Å². The van der Waals surface area contributed by atoms with Crippen LogP contribution in [-0.4, -0.2) is 42.2 Å². The Kier molecular flexibility index (Phi) is 12.1. The lowest BCUT2D eigenvalue weighted by atomic mass is 10.1. The molecular formula is C36H40O5S. The van der Waals surface area contributed by atoms with E-state index in [0.717, 1.165) is 28.0 Å². The summed E-state index contributed by atoms with van der Waals surface area (Å²) in [6.07, 6.45) is -1.36. The highest BCUT2D eigenvalue weighted by Crippen LogP contribution is 2.37. The molecule has 0 bridgehead atoms. The summed E-state index contributed by atoms with van der Waals surface area (Å²) in [5.74, 6) is 0.897. The average molecular weight is 585 g/mol. The van der Waals surface area contributed by atoms with Crippen molar-refractivity contribution in [2.24, 2.45) is 0 Å². The third kappa shape index (κ3) is 9.01. The van der Waals surface area contributed by atoms with Crippen LogP contribution in [0.15, 0.2) is 121 Å². The van der Waals surface area contributed by atoms with Crippen LogP contribution < -0.4 is 0 Å². The highest BCUT2D eigenvalue weighted by atomic mass is 32.2. The first kappa shape index (κ1) is 30.5. The van der Waals surface area contributed by atoms with E-state index in [9.17, 15) is 0 Å². The molecule has 0 N–H and O–H groups in total. The smallest absolute Gasteiger partial charge is 0.132 e. The topological polar surface area (TPSA) is 46.2 Å². The van der Waals surface area contributed by atoms with Crippen LogP contribution in [-0.2, 0) is 50.1 Å². The number of benzene rings is 4. The van der Waals surface area contributed by atoms with Gasteiger partial charge in [-0.25, -0.2) is 0 Å². The van der Waals surface area contributed by atoms with Crippen molar-refractivity contribution in [1.82, 2.24) is 0 Å². The van der Waals surface area contributed by atoms with Gasteiger partial charge in [0, 0.05) is 0 Å². The van der Waals surface area contributed by atoms with Crippen LogP contribution in [0.5, 0.6) is 0 Å². The zero-order valence-electron chi connectivity index (χ0n) is 24.1. The summed E-state index contributed by atoms with van der Waals surface area (Å²) in [4.78, 5) is 0. The van der Waals surface area contributed by atoms with Crippen molar-refractivity contribution >= 4 is 11.8 Å². The molecule has 0 saturated carbocycles. The SMILES string of the molecule is CCS[C@H]1O[C@@H]([C@@H](COCc2ccccc2)OCc2ccccc2)[C@H](OCc2ccccc2)[C@H]1OCc1ccccc1. The maximum atomic E-state index is 6.77. The van der Waals surface area contributed by atoms with E-state index in [1.54, 1.807) is 11.8 Å². The summed E-state index contributed by atoms with van der Waals surface area (Å²) in [7, 11) is 0. The van der Waals surface area contributed by atoms with Gasteiger partial charge in [-0.05, 0) is 28.0 Å². The minimum atomic E-state index is -0.377. The molecule has 4 aromatic rings. The van der Waals surface area contributed by atoms with Crippen molar-refractivity contribution in [2.75, 3.05) is 12.4 Å². The molecule has 5 nitrogen and oxygen atoms in total. The van der Waals surface area contributed by atoms with E-state index >= 15 is 0 Å². The second-order valence-electron chi connectivity index (χ2n) is 10.3. The fraction of sp³-hybridized carbons (Fsp3) is 0.333. The summed E-state index contributed by atoms with van der Waals surface area (Å²) in [5, 5.41) is 0. The molecule has 220 valence electrons. The molecule has 0 amide bonds. The average Bonchev–Trinajstić information content (AvgIpc) is 3.39. The molecule has 42 heavy (non-hydrogen) atoms. The fourth-order valence-corrected chi connectivity index (χ4v) is 5.99. The quantitative estimate of drug-likeness (QED) is 0.136. The molecule has 1 aliphatic rings. The summed E-state index contributed by atoms with van der Waals surface area (Å²) in [5.41, 5.74) is 4.24. The molecule has 4 aromatic carbocycles. The van der Waals surface area contributed by atoms with E-state index in [1.807, 2.05) is 72.8 Å². The second kappa shape index (κ2) is 16.6. The molecule has 1 saturated heterocycles. The Morgan fingerprint density at radius 1 is 0.595 bits per heavy atom. The third-order valence-electron chi connectivity index (χ3n) is 7.18. The van der Waals surface area contributed by atoms with E-state index in [0.29, 0.717) is 33.0 Å². The van der Waals surface area contributed by atoms with Gasteiger partial charge in [-0.3, -0.25) is 0 Å². The lowest BCUT2D eigenvalue weighted by Gasteiger charge is -2.29. The number of thioether (sulfide) groups is 1. The Hall–Kier alpha value is -2.97. The molecular weight excluding hydrogens is 544 g/mol. The van der Waals surface area contributed by atoms with Gasteiger partial charge < -0.3 is 23.7 Å². The van der Waals surface area contributed by atoms with Gasteiger partial charge >= 0.3 is 0 Å². The third-order valence-corrected chi connectivity index (χ3v) is 8.22. The van der Waals surface area contributed by atoms with Gasteiger partial charge in [-0.15, -0.1) is 11.8 Å². The molecule has 1 fully saturated rings. The normalized spacial score (nSPS) is 20.9. The summed E-state index contributed by atoms with van der Waals surface area (Å²) in [6, 6.07) is 40.9. The monoisotopic (exact) mass is 584 g/mol. The number of ether oxygens (including phenoxy) is 5. The Bertz CT molecular complexity index is 1280. The predicted molar refractivity (Wildman–Crippen MR) is 168 cm³/mol. The molecule has 1 aliphatic heterocycles. The Labute approximate surface area is 254 Å². The molecule has 0 aliphatic carbocycles. The molecule has 1 heterocycles. The standard InChI is InChI=1S/C36H40O5S/c1-2-42-36-35(40-26-31-21-13-6-14-22-31)34(39-25-30-19-11-5-12-20-30)33(41-36)32(38-24-29-17-9-4-10-18-29)27-37-23-28-15-7-3-8-16-28/h3-22,32-36H,2,23-27H2,1H3/t32-,33+,34+,35-,36-/m1/s1. The van der Waals surface area contributed by atoms with Crippen LogP contribution in [0.2, 0.25) is 0 Å². The minimum absolute atomic E-state index is 0.193. The first-order valence-corrected chi connectivity index (χ1v) is 15.7. The molecule has 0 spiro atoms. The number of hydrogen-bond donors (Lipinski definition) is 0. The maximum absolute atomic E-state index is 6.77. The first-order valence-electron chi connectivity index (χ1n) is 14.7. The highest BCUT2D eigenvalue weighted by Gasteiger charge is 2.50. The van der Waals surface area contributed by atoms with E-state index in [4.69, 9.17) is 23.7 Å². The first-order chi connectivity index (χ1) is 20.8. The molecule has 0 radical (unpaired) electrons. The van der Waals surface area contributed by atoms with Crippen LogP contribution in [0.1, 0.15) is 29.2 Å². The van der Waals surface area contributed by atoms with Gasteiger partial charge in [0.2, 0.25) is 0 Å². The Balaban J connectivity index is 1.37. The molecule has 0 unspecified atom stereocenters. The van der Waals surface area contributed by atoms with Crippen molar-refractivity contribution in [3.63, 3.8) is 0 Å². The van der Waals surface area contributed by atoms with Crippen molar-refractivity contribution < 1.29 is 23.7 Å². The van der Waals surface area contributed by atoms with E-state index in [-0.39, 0.29) is 29.9 Å². The van der Waals surface area contributed by atoms with Gasteiger partial charge in [-0.1, -0.05) is 128 Å². The van der Waals surface area contributed by atoms with Gasteiger partial charge in [0.25, 0.3) is 0 Å². The van der Waals surface area contributed by atoms with Crippen molar-refractivity contribution in [3.8, 4) is 0 Å². The maximum Gasteiger partial charge on any atom is 0.132 e. The molecule has 6 heteroatoms. The van der Waals surface area contributed by atoms with Crippen molar-refractivity contribution in [3.05, 3.63) is 144 Å². The number of rotatable bonds is 16. The largest absolute Gasteiger partial charge is 0.374 e. The zero-order valence-corrected chi connectivity index (χ0v) is 24.9. The van der Waals surface area contributed by atoms with Gasteiger partial charge in [0.05, 0.1) is 33.0 Å². The lowest BCUT2D eigenvalue weighted by molar-refractivity contribution is -0.138. The van der Waals surface area contributed by atoms with Crippen molar-refractivity contribution in [1.29, 1.82) is 0 Å². The Morgan fingerprint density at radius 3 is 1.55 bits per heavy atom. The highest BCUT2D eigenvalue weighted by molar-refractivity contribution is 7.99. The van der Waals surface area contributed by atoms with Gasteiger partial charge in [-0.2, -0.15) is 0 Å². The fourth-order valence-electron chi connectivity index (χ4n) is 5.03. The van der Waals surface area contributed by atoms with E-state index < -0.39 is 0 Å².